The molecule has 1 aliphatic rings. The molecule has 0 spiro atoms. The highest BCUT2D eigenvalue weighted by atomic mass is 16.5. The lowest BCUT2D eigenvalue weighted by molar-refractivity contribution is 0.0126. The minimum atomic E-state index is -0.563. The number of carbonyl (C=O) groups excluding carboxylic acids is 1. The van der Waals surface area contributed by atoms with Crippen molar-refractivity contribution in [1.29, 1.82) is 0 Å². The lowest BCUT2D eigenvalue weighted by Gasteiger charge is -2.36. The van der Waals surface area contributed by atoms with E-state index in [1.165, 1.54) is 0 Å². The van der Waals surface area contributed by atoms with E-state index in [0.717, 1.165) is 10.8 Å². The number of aliphatic hydroxyl groups is 1. The van der Waals surface area contributed by atoms with Crippen molar-refractivity contribution >= 4 is 16.7 Å². The van der Waals surface area contributed by atoms with Crippen molar-refractivity contribution in [2.45, 2.75) is 18.4 Å². The summed E-state index contributed by atoms with van der Waals surface area (Å²) in [4.78, 5) is 12.6. The van der Waals surface area contributed by atoms with Crippen LogP contribution >= 0.6 is 0 Å². The van der Waals surface area contributed by atoms with E-state index in [1.54, 1.807) is 0 Å². The average molecular weight is 285 g/mol. The van der Waals surface area contributed by atoms with Crippen LogP contribution in [0.2, 0.25) is 0 Å². The quantitative estimate of drug-likeness (QED) is 0.908. The van der Waals surface area contributed by atoms with Crippen LogP contribution in [0.1, 0.15) is 23.2 Å². The number of aliphatic hydroxyl groups excluding tert-OH is 1. The van der Waals surface area contributed by atoms with Gasteiger partial charge in [-0.05, 0) is 29.7 Å². The number of hydrogen-bond donors (Lipinski definition) is 2. The van der Waals surface area contributed by atoms with E-state index in [9.17, 15) is 9.90 Å². The van der Waals surface area contributed by atoms with Gasteiger partial charge in [0.15, 0.2) is 0 Å². The number of amides is 1. The molecule has 0 aliphatic carbocycles. The van der Waals surface area contributed by atoms with Crippen LogP contribution in [-0.2, 0) is 4.74 Å². The smallest absolute Gasteiger partial charge is 0.252 e. The number of rotatable bonds is 3. The van der Waals surface area contributed by atoms with Gasteiger partial charge in [-0.2, -0.15) is 0 Å². The van der Waals surface area contributed by atoms with E-state index < -0.39 is 5.54 Å². The van der Waals surface area contributed by atoms with Gasteiger partial charge in [0, 0.05) is 18.8 Å². The first kappa shape index (κ1) is 14.0. The van der Waals surface area contributed by atoms with Crippen molar-refractivity contribution in [3.63, 3.8) is 0 Å². The van der Waals surface area contributed by atoms with Crippen molar-refractivity contribution in [2.24, 2.45) is 0 Å². The van der Waals surface area contributed by atoms with Crippen LogP contribution in [0.15, 0.2) is 42.5 Å². The maximum atomic E-state index is 12.6. The molecule has 2 N–H and O–H groups in total. The molecule has 0 aromatic heterocycles. The minimum absolute atomic E-state index is 0.0626. The van der Waals surface area contributed by atoms with Crippen molar-refractivity contribution < 1.29 is 14.6 Å². The van der Waals surface area contributed by atoms with Crippen LogP contribution in [0, 0.1) is 0 Å². The first-order valence-electron chi connectivity index (χ1n) is 7.23. The highest BCUT2D eigenvalue weighted by Crippen LogP contribution is 2.23. The van der Waals surface area contributed by atoms with E-state index in [4.69, 9.17) is 4.74 Å². The van der Waals surface area contributed by atoms with Crippen molar-refractivity contribution in [3.05, 3.63) is 48.0 Å². The van der Waals surface area contributed by atoms with Crippen molar-refractivity contribution in [3.8, 4) is 0 Å². The molecule has 1 fully saturated rings. The first-order chi connectivity index (χ1) is 10.2. The van der Waals surface area contributed by atoms with E-state index >= 15 is 0 Å². The fourth-order valence-electron chi connectivity index (χ4n) is 2.82. The number of hydrogen-bond acceptors (Lipinski definition) is 3. The molecule has 2 aromatic rings. The molecule has 0 atom stereocenters. The lowest BCUT2D eigenvalue weighted by atomic mass is 9.90. The number of benzene rings is 2. The molecule has 2 aromatic carbocycles. The molecule has 4 heteroatoms. The zero-order valence-electron chi connectivity index (χ0n) is 11.8. The third-order valence-electron chi connectivity index (χ3n) is 4.17. The first-order valence-corrected chi connectivity index (χ1v) is 7.23. The molecule has 0 bridgehead atoms. The topological polar surface area (TPSA) is 58.6 Å². The Bertz CT molecular complexity index is 642. The van der Waals surface area contributed by atoms with Crippen LogP contribution in [-0.4, -0.2) is 36.4 Å². The second kappa shape index (κ2) is 5.84. The molecular weight excluding hydrogens is 266 g/mol. The summed E-state index contributed by atoms with van der Waals surface area (Å²) >= 11 is 0. The fraction of sp³-hybridized carbons (Fsp3) is 0.353. The Balaban J connectivity index is 1.90. The minimum Gasteiger partial charge on any atom is -0.394 e. The summed E-state index contributed by atoms with van der Waals surface area (Å²) in [5.74, 6) is -0.136. The second-order valence-corrected chi connectivity index (χ2v) is 5.53. The molecule has 1 saturated heterocycles. The Morgan fingerprint density at radius 1 is 1.14 bits per heavy atom. The van der Waals surface area contributed by atoms with E-state index in [2.05, 4.69) is 5.32 Å². The van der Waals surface area contributed by atoms with Crippen LogP contribution < -0.4 is 5.32 Å². The van der Waals surface area contributed by atoms with Gasteiger partial charge in [-0.15, -0.1) is 0 Å². The van der Waals surface area contributed by atoms with Gasteiger partial charge in [-0.3, -0.25) is 4.79 Å². The van der Waals surface area contributed by atoms with E-state index in [1.807, 2.05) is 42.5 Å². The van der Waals surface area contributed by atoms with Crippen LogP contribution in [0.5, 0.6) is 0 Å². The Hall–Kier alpha value is -1.91. The molecule has 1 aliphatic heterocycles. The average Bonchev–Trinajstić information content (AvgIpc) is 2.55. The molecular formula is C17H19NO3. The standard InChI is InChI=1S/C17H19NO3/c19-12-17(8-10-21-11-9-17)18-16(20)15-7-3-5-13-4-1-2-6-14(13)15/h1-7,19H,8-12H2,(H,18,20). The molecule has 0 saturated carbocycles. The molecule has 0 radical (unpaired) electrons. The Kier molecular flexibility index (Phi) is 3.90. The number of nitrogens with one attached hydrogen (secondary N) is 1. The maximum Gasteiger partial charge on any atom is 0.252 e. The number of carbonyl (C=O) groups is 1. The Labute approximate surface area is 123 Å². The highest BCUT2D eigenvalue weighted by Gasteiger charge is 2.33. The summed E-state index contributed by atoms with van der Waals surface area (Å²) in [6, 6.07) is 13.5. The predicted octanol–water partition coefficient (Wildman–Crippen LogP) is 2.11. The summed E-state index contributed by atoms with van der Waals surface area (Å²) in [7, 11) is 0. The maximum absolute atomic E-state index is 12.6. The zero-order valence-corrected chi connectivity index (χ0v) is 11.8. The summed E-state index contributed by atoms with van der Waals surface area (Å²) in [5.41, 5.74) is 0.0825. The molecule has 1 amide bonds. The molecule has 3 rings (SSSR count). The Morgan fingerprint density at radius 3 is 2.62 bits per heavy atom. The second-order valence-electron chi connectivity index (χ2n) is 5.53. The van der Waals surface area contributed by atoms with Gasteiger partial charge < -0.3 is 15.2 Å². The van der Waals surface area contributed by atoms with Crippen molar-refractivity contribution in [1.82, 2.24) is 5.32 Å². The third kappa shape index (κ3) is 2.77. The van der Waals surface area contributed by atoms with Gasteiger partial charge in [-0.25, -0.2) is 0 Å². The van der Waals surface area contributed by atoms with Gasteiger partial charge in [0.25, 0.3) is 5.91 Å². The molecule has 1 heterocycles. The third-order valence-corrected chi connectivity index (χ3v) is 4.17. The largest absolute Gasteiger partial charge is 0.394 e. The monoisotopic (exact) mass is 285 g/mol. The SMILES string of the molecule is O=C(NC1(CO)CCOCC1)c1cccc2ccccc12. The zero-order chi connectivity index (χ0) is 14.7. The van der Waals surface area contributed by atoms with Crippen molar-refractivity contribution in [2.75, 3.05) is 19.8 Å². The van der Waals surface area contributed by atoms with Gasteiger partial charge in [0.05, 0.1) is 12.1 Å². The summed E-state index contributed by atoms with van der Waals surface area (Å²) in [5, 5.41) is 14.7. The summed E-state index contributed by atoms with van der Waals surface area (Å²) < 4.78 is 5.32. The van der Waals surface area contributed by atoms with Gasteiger partial charge >= 0.3 is 0 Å². The van der Waals surface area contributed by atoms with Gasteiger partial charge in [-0.1, -0.05) is 36.4 Å². The Morgan fingerprint density at radius 2 is 1.86 bits per heavy atom. The number of ether oxygens (including phenoxy) is 1. The molecule has 4 nitrogen and oxygen atoms in total. The highest BCUT2D eigenvalue weighted by molar-refractivity contribution is 6.07. The van der Waals surface area contributed by atoms with Crippen LogP contribution in [0.4, 0.5) is 0 Å². The van der Waals surface area contributed by atoms with E-state index in [0.29, 0.717) is 31.6 Å². The molecule has 110 valence electrons. The van der Waals surface area contributed by atoms with Crippen LogP contribution in [0.25, 0.3) is 10.8 Å². The fourth-order valence-corrected chi connectivity index (χ4v) is 2.82. The summed E-state index contributed by atoms with van der Waals surface area (Å²) in [6.45, 7) is 1.07. The number of fused-ring (bicyclic) bond motifs is 1. The predicted molar refractivity (Wildman–Crippen MR) is 81.3 cm³/mol. The van der Waals surface area contributed by atoms with Gasteiger partial charge in [0.1, 0.15) is 0 Å². The normalized spacial score (nSPS) is 17.6. The lowest BCUT2D eigenvalue weighted by Crippen LogP contribution is -2.54. The van der Waals surface area contributed by atoms with E-state index in [-0.39, 0.29) is 12.5 Å². The molecule has 0 unspecified atom stereocenters. The molecule has 21 heavy (non-hydrogen) atoms. The van der Waals surface area contributed by atoms with Crippen LogP contribution in [0.3, 0.4) is 0 Å². The van der Waals surface area contributed by atoms with Gasteiger partial charge in [0.2, 0.25) is 0 Å². The summed E-state index contributed by atoms with van der Waals surface area (Å²) in [6.07, 6.45) is 1.28.